The molecule has 0 amide bonds. The minimum atomic E-state index is -1.32. The summed E-state index contributed by atoms with van der Waals surface area (Å²) in [5.41, 5.74) is 0.501. The van der Waals surface area contributed by atoms with Gasteiger partial charge in [-0.15, -0.1) is 0 Å². The molecule has 1 unspecified atom stereocenters. The predicted molar refractivity (Wildman–Crippen MR) is 78.5 cm³/mol. The monoisotopic (exact) mass is 326 g/mol. The molecule has 1 aromatic carbocycles. The van der Waals surface area contributed by atoms with E-state index in [0.717, 1.165) is 6.42 Å². The van der Waals surface area contributed by atoms with Crippen molar-refractivity contribution in [3.63, 3.8) is 0 Å². The highest BCUT2D eigenvalue weighted by Gasteiger charge is 2.48. The molecule has 0 aromatic heterocycles. The second kappa shape index (κ2) is 6.85. The summed E-state index contributed by atoms with van der Waals surface area (Å²) in [5.74, 6) is -0.980. The number of carbonyl (C=O) groups excluding carboxylic acids is 2. The van der Waals surface area contributed by atoms with Gasteiger partial charge in [0.15, 0.2) is 10.1 Å². The van der Waals surface area contributed by atoms with Crippen molar-refractivity contribution in [2.45, 2.75) is 31.5 Å². The van der Waals surface area contributed by atoms with Crippen molar-refractivity contribution in [2.24, 2.45) is 5.92 Å². The Kier molecular flexibility index (Phi) is 5.73. The summed E-state index contributed by atoms with van der Waals surface area (Å²) in [6, 6.07) is 8.79. The number of benzene rings is 1. The molecule has 0 aliphatic rings. The third-order valence-corrected chi connectivity index (χ3v) is 4.50. The zero-order chi connectivity index (χ0) is 14.5. The molecule has 3 nitrogen and oxygen atoms in total. The third-order valence-electron chi connectivity index (χ3n) is 2.90. The zero-order valence-electron chi connectivity index (χ0n) is 11.5. The average molecular weight is 327 g/mol. The molecule has 0 spiro atoms. The van der Waals surface area contributed by atoms with E-state index in [1.165, 1.54) is 0 Å². The van der Waals surface area contributed by atoms with E-state index in [4.69, 9.17) is 4.74 Å². The summed E-state index contributed by atoms with van der Waals surface area (Å²) >= 11 is 3.32. The topological polar surface area (TPSA) is 43.4 Å². The van der Waals surface area contributed by atoms with Gasteiger partial charge in [-0.05, 0) is 12.3 Å². The Balaban J connectivity index is 3.06. The smallest absolute Gasteiger partial charge is 0.331 e. The highest BCUT2D eigenvalue weighted by molar-refractivity contribution is 9.10. The number of esters is 1. The van der Waals surface area contributed by atoms with Gasteiger partial charge in [0.2, 0.25) is 0 Å². The Morgan fingerprint density at radius 3 is 2.32 bits per heavy atom. The van der Waals surface area contributed by atoms with Crippen LogP contribution in [0.4, 0.5) is 0 Å². The maximum absolute atomic E-state index is 12.6. The Morgan fingerprint density at radius 2 is 1.84 bits per heavy atom. The molecule has 104 valence electrons. The minimum Gasteiger partial charge on any atom is -0.464 e. The summed E-state index contributed by atoms with van der Waals surface area (Å²) in [4.78, 5) is 24.8. The molecule has 1 atom stereocenters. The van der Waals surface area contributed by atoms with Crippen molar-refractivity contribution < 1.29 is 14.3 Å². The highest BCUT2D eigenvalue weighted by Crippen LogP contribution is 2.33. The first-order valence-electron chi connectivity index (χ1n) is 6.40. The molecule has 0 bridgehead atoms. The Morgan fingerprint density at radius 1 is 1.26 bits per heavy atom. The van der Waals surface area contributed by atoms with Crippen molar-refractivity contribution in [1.82, 2.24) is 0 Å². The van der Waals surface area contributed by atoms with Gasteiger partial charge in [0.1, 0.15) is 0 Å². The molecule has 0 radical (unpaired) electrons. The standard InChI is InChI=1S/C15H19BrO3/c1-4-10-19-14(18)15(16,11(2)3)13(17)12-8-6-5-7-9-12/h5-9,11H,4,10H2,1-3H3. The molecule has 1 rings (SSSR count). The maximum atomic E-state index is 12.6. The number of rotatable bonds is 6. The summed E-state index contributed by atoms with van der Waals surface area (Å²) in [5, 5.41) is 0. The summed E-state index contributed by atoms with van der Waals surface area (Å²) < 4.78 is 3.84. The first kappa shape index (κ1) is 15.9. The SMILES string of the molecule is CCCOC(=O)C(Br)(C(=O)c1ccccc1)C(C)C. The van der Waals surface area contributed by atoms with Gasteiger partial charge in [0.25, 0.3) is 0 Å². The molecule has 19 heavy (non-hydrogen) atoms. The largest absolute Gasteiger partial charge is 0.464 e. The van der Waals surface area contributed by atoms with E-state index in [1.807, 2.05) is 26.8 Å². The van der Waals surface area contributed by atoms with E-state index in [9.17, 15) is 9.59 Å². The lowest BCUT2D eigenvalue weighted by Gasteiger charge is -2.27. The summed E-state index contributed by atoms with van der Waals surface area (Å²) in [6.45, 7) is 5.88. The maximum Gasteiger partial charge on any atom is 0.331 e. The molecule has 4 heteroatoms. The molecular weight excluding hydrogens is 308 g/mol. The normalized spacial score (nSPS) is 13.9. The van der Waals surface area contributed by atoms with Crippen molar-refractivity contribution in [3.8, 4) is 0 Å². The van der Waals surface area contributed by atoms with E-state index >= 15 is 0 Å². The van der Waals surface area contributed by atoms with Gasteiger partial charge in [-0.3, -0.25) is 9.59 Å². The third kappa shape index (κ3) is 3.44. The lowest BCUT2D eigenvalue weighted by atomic mass is 9.87. The van der Waals surface area contributed by atoms with Crippen LogP contribution in [0.3, 0.4) is 0 Å². The number of hydrogen-bond donors (Lipinski definition) is 0. The molecule has 0 heterocycles. The number of alkyl halides is 1. The van der Waals surface area contributed by atoms with E-state index in [1.54, 1.807) is 24.3 Å². The van der Waals surface area contributed by atoms with Crippen LogP contribution in [-0.2, 0) is 9.53 Å². The van der Waals surface area contributed by atoms with Gasteiger partial charge in [-0.2, -0.15) is 0 Å². The van der Waals surface area contributed by atoms with Crippen LogP contribution >= 0.6 is 15.9 Å². The van der Waals surface area contributed by atoms with Crippen LogP contribution in [0.2, 0.25) is 0 Å². The predicted octanol–water partition coefficient (Wildman–Crippen LogP) is 3.61. The number of Topliss-reactive ketones (excluding diaryl/α,β-unsaturated/α-hetero) is 1. The first-order valence-corrected chi connectivity index (χ1v) is 7.19. The summed E-state index contributed by atoms with van der Waals surface area (Å²) in [7, 11) is 0. The number of hydrogen-bond acceptors (Lipinski definition) is 3. The molecular formula is C15H19BrO3. The molecule has 0 aliphatic heterocycles. The number of ether oxygens (including phenoxy) is 1. The van der Waals surface area contributed by atoms with E-state index in [-0.39, 0.29) is 11.7 Å². The van der Waals surface area contributed by atoms with Crippen molar-refractivity contribution in [3.05, 3.63) is 35.9 Å². The zero-order valence-corrected chi connectivity index (χ0v) is 13.1. The van der Waals surface area contributed by atoms with Crippen LogP contribution in [0, 0.1) is 5.92 Å². The van der Waals surface area contributed by atoms with Crippen molar-refractivity contribution in [2.75, 3.05) is 6.61 Å². The van der Waals surface area contributed by atoms with E-state index in [0.29, 0.717) is 12.2 Å². The molecule has 0 saturated heterocycles. The number of halogens is 1. The van der Waals surface area contributed by atoms with Crippen LogP contribution in [-0.4, -0.2) is 22.7 Å². The van der Waals surface area contributed by atoms with Crippen molar-refractivity contribution in [1.29, 1.82) is 0 Å². The van der Waals surface area contributed by atoms with Gasteiger partial charge >= 0.3 is 5.97 Å². The Hall–Kier alpha value is -1.16. The van der Waals surface area contributed by atoms with Crippen LogP contribution < -0.4 is 0 Å². The van der Waals surface area contributed by atoms with E-state index in [2.05, 4.69) is 15.9 Å². The molecule has 0 saturated carbocycles. The molecule has 0 N–H and O–H groups in total. The molecule has 1 aromatic rings. The van der Waals surface area contributed by atoms with Gasteiger partial charge in [0.05, 0.1) is 6.61 Å². The van der Waals surface area contributed by atoms with Crippen LogP contribution in [0.1, 0.15) is 37.6 Å². The number of ketones is 1. The fraction of sp³-hybridized carbons (Fsp3) is 0.467. The second-order valence-corrected chi connectivity index (χ2v) is 5.95. The fourth-order valence-electron chi connectivity index (χ4n) is 1.69. The van der Waals surface area contributed by atoms with Crippen LogP contribution in [0.5, 0.6) is 0 Å². The van der Waals surface area contributed by atoms with Crippen LogP contribution in [0.25, 0.3) is 0 Å². The lowest BCUT2D eigenvalue weighted by molar-refractivity contribution is -0.145. The highest BCUT2D eigenvalue weighted by atomic mass is 79.9. The van der Waals surface area contributed by atoms with Gasteiger partial charge < -0.3 is 4.74 Å². The molecule has 0 fully saturated rings. The number of carbonyl (C=O) groups is 2. The first-order chi connectivity index (χ1) is 8.94. The average Bonchev–Trinajstić information content (AvgIpc) is 2.43. The minimum absolute atomic E-state index is 0.204. The van der Waals surface area contributed by atoms with Gasteiger partial charge in [-0.1, -0.05) is 67.0 Å². The van der Waals surface area contributed by atoms with E-state index < -0.39 is 10.3 Å². The summed E-state index contributed by atoms with van der Waals surface area (Å²) in [6.07, 6.45) is 0.729. The van der Waals surface area contributed by atoms with Crippen LogP contribution in [0.15, 0.2) is 30.3 Å². The molecule has 0 aliphatic carbocycles. The second-order valence-electron chi connectivity index (χ2n) is 4.70. The van der Waals surface area contributed by atoms with Crippen molar-refractivity contribution >= 4 is 27.7 Å². The Bertz CT molecular complexity index is 442. The van der Waals surface area contributed by atoms with Gasteiger partial charge in [-0.25, -0.2) is 0 Å². The Labute approximate surface area is 122 Å². The van der Waals surface area contributed by atoms with Gasteiger partial charge in [0, 0.05) is 5.56 Å². The quantitative estimate of drug-likeness (QED) is 0.347. The lowest BCUT2D eigenvalue weighted by Crippen LogP contribution is -2.46. The fourth-order valence-corrected chi connectivity index (χ4v) is 2.03.